The van der Waals surface area contributed by atoms with Gasteiger partial charge in [-0.25, -0.2) is 5.43 Å². The van der Waals surface area contributed by atoms with Gasteiger partial charge in [0.2, 0.25) is 0 Å². The highest BCUT2D eigenvalue weighted by Crippen LogP contribution is 2.28. The van der Waals surface area contributed by atoms with E-state index in [-0.39, 0.29) is 11.8 Å². The quantitative estimate of drug-likeness (QED) is 0.204. The maximum atomic E-state index is 12.7. The second kappa shape index (κ2) is 13.1. The molecule has 1 atom stereocenters. The van der Waals surface area contributed by atoms with E-state index in [4.69, 9.17) is 39.5 Å². The molecule has 0 bridgehead atoms. The molecule has 0 fully saturated rings. The largest absolute Gasteiger partial charge is 0.488 e. The molecular formula is C26H23BrCl3N3O3. The summed E-state index contributed by atoms with van der Waals surface area (Å²) in [5, 5.41) is 8.26. The van der Waals surface area contributed by atoms with Gasteiger partial charge < -0.3 is 10.1 Å². The first-order valence-corrected chi connectivity index (χ1v) is 12.8. The van der Waals surface area contributed by atoms with Crippen molar-refractivity contribution in [2.24, 2.45) is 11.0 Å². The van der Waals surface area contributed by atoms with Crippen molar-refractivity contribution in [1.29, 1.82) is 0 Å². The zero-order valence-corrected chi connectivity index (χ0v) is 23.3. The number of amides is 2. The van der Waals surface area contributed by atoms with Gasteiger partial charge in [-0.3, -0.25) is 9.59 Å². The van der Waals surface area contributed by atoms with Crippen LogP contribution in [0.1, 0.15) is 35.3 Å². The lowest BCUT2D eigenvalue weighted by atomic mass is 10.0. The molecule has 0 saturated carbocycles. The summed E-state index contributed by atoms with van der Waals surface area (Å²) in [6.07, 6.45) is 1.50. The summed E-state index contributed by atoms with van der Waals surface area (Å²) in [7, 11) is 0. The molecule has 0 aliphatic rings. The lowest BCUT2D eigenvalue weighted by molar-refractivity contribution is -0.123. The molecular weight excluding hydrogens is 589 g/mol. The summed E-state index contributed by atoms with van der Waals surface area (Å²) < 4.78 is 6.56. The molecule has 188 valence electrons. The maximum Gasteiger partial charge on any atom is 0.262 e. The van der Waals surface area contributed by atoms with Crippen LogP contribution in [-0.2, 0) is 11.4 Å². The SMILES string of the molecule is CC(C)C(NC(=O)c1ccc(Cl)cc1)C(=O)NN=Cc1ccc(OCc2ccc(Cl)c(Cl)c2)c(Br)c1. The Morgan fingerprint density at radius 1 is 1.00 bits per heavy atom. The molecule has 0 spiro atoms. The topological polar surface area (TPSA) is 79.8 Å². The fraction of sp³-hybridized carbons (Fsp3) is 0.192. The number of carbonyl (C=O) groups is 2. The Balaban J connectivity index is 1.57. The van der Waals surface area contributed by atoms with Gasteiger partial charge in [-0.05, 0) is 87.6 Å². The number of hydrazone groups is 1. The van der Waals surface area contributed by atoms with Gasteiger partial charge in [0.25, 0.3) is 11.8 Å². The smallest absolute Gasteiger partial charge is 0.262 e. The summed E-state index contributed by atoms with van der Waals surface area (Å²) in [5.41, 5.74) is 4.52. The summed E-state index contributed by atoms with van der Waals surface area (Å²) in [6, 6.07) is 16.4. The van der Waals surface area contributed by atoms with E-state index in [1.54, 1.807) is 48.5 Å². The minimum absolute atomic E-state index is 0.155. The van der Waals surface area contributed by atoms with Crippen LogP contribution in [0.25, 0.3) is 0 Å². The number of rotatable bonds is 9. The first-order chi connectivity index (χ1) is 17.1. The molecule has 6 nitrogen and oxygen atoms in total. The van der Waals surface area contributed by atoms with Gasteiger partial charge in [0.15, 0.2) is 0 Å². The number of hydrogen-bond acceptors (Lipinski definition) is 4. The Kier molecular flexibility index (Phi) is 10.2. The molecule has 2 amide bonds. The Bertz CT molecular complexity index is 1270. The van der Waals surface area contributed by atoms with Gasteiger partial charge in [-0.15, -0.1) is 0 Å². The molecule has 0 aromatic heterocycles. The fourth-order valence-electron chi connectivity index (χ4n) is 3.11. The van der Waals surface area contributed by atoms with Crippen LogP contribution in [0.2, 0.25) is 15.1 Å². The predicted octanol–water partition coefficient (Wildman–Crippen LogP) is 6.89. The lowest BCUT2D eigenvalue weighted by Gasteiger charge is -2.20. The van der Waals surface area contributed by atoms with Crippen LogP contribution in [0.5, 0.6) is 5.75 Å². The van der Waals surface area contributed by atoms with Crippen molar-refractivity contribution in [3.05, 3.63) is 96.9 Å². The van der Waals surface area contributed by atoms with Gasteiger partial charge >= 0.3 is 0 Å². The minimum Gasteiger partial charge on any atom is -0.488 e. The molecule has 2 N–H and O–H groups in total. The predicted molar refractivity (Wildman–Crippen MR) is 148 cm³/mol. The second-order valence-electron chi connectivity index (χ2n) is 8.16. The summed E-state index contributed by atoms with van der Waals surface area (Å²) >= 11 is 21.3. The van der Waals surface area contributed by atoms with Crippen LogP contribution in [0, 0.1) is 5.92 Å². The van der Waals surface area contributed by atoms with E-state index in [2.05, 4.69) is 31.8 Å². The minimum atomic E-state index is -0.769. The van der Waals surface area contributed by atoms with Crippen molar-refractivity contribution in [1.82, 2.24) is 10.7 Å². The summed E-state index contributed by atoms with van der Waals surface area (Å²) in [5.74, 6) is -0.321. The van der Waals surface area contributed by atoms with Crippen molar-refractivity contribution in [3.8, 4) is 5.75 Å². The molecule has 0 saturated heterocycles. The number of halogens is 4. The van der Waals surface area contributed by atoms with Gasteiger partial charge in [-0.1, -0.05) is 54.7 Å². The normalized spacial score (nSPS) is 12.0. The number of nitrogens with one attached hydrogen (secondary N) is 2. The highest BCUT2D eigenvalue weighted by Gasteiger charge is 2.24. The van der Waals surface area contributed by atoms with E-state index in [0.717, 1.165) is 11.1 Å². The average Bonchev–Trinajstić information content (AvgIpc) is 2.84. The Labute approximate surface area is 233 Å². The van der Waals surface area contributed by atoms with E-state index < -0.39 is 11.9 Å². The average molecular weight is 612 g/mol. The van der Waals surface area contributed by atoms with Crippen LogP contribution >= 0.6 is 50.7 Å². The molecule has 1 unspecified atom stereocenters. The van der Waals surface area contributed by atoms with Crippen LogP contribution in [0.15, 0.2) is 70.2 Å². The Morgan fingerprint density at radius 3 is 2.36 bits per heavy atom. The highest BCUT2D eigenvalue weighted by atomic mass is 79.9. The van der Waals surface area contributed by atoms with Crippen LogP contribution in [-0.4, -0.2) is 24.1 Å². The third-order valence-electron chi connectivity index (χ3n) is 5.06. The van der Waals surface area contributed by atoms with Crippen molar-refractivity contribution in [2.75, 3.05) is 0 Å². The molecule has 0 aliphatic carbocycles. The van der Waals surface area contributed by atoms with E-state index >= 15 is 0 Å². The molecule has 0 aliphatic heterocycles. The van der Waals surface area contributed by atoms with E-state index in [0.29, 0.717) is 37.5 Å². The molecule has 3 aromatic carbocycles. The van der Waals surface area contributed by atoms with E-state index in [1.807, 2.05) is 26.0 Å². The standard InChI is InChI=1S/C26H23BrCl3N3O3/c1-15(2)24(32-25(34)18-5-7-19(28)8-6-18)26(35)33-31-13-16-4-10-23(20(27)11-16)36-14-17-3-9-21(29)22(30)12-17/h3-13,15,24H,14H2,1-2H3,(H,32,34)(H,33,35). The number of carbonyl (C=O) groups excluding carboxylic acids is 2. The molecule has 0 radical (unpaired) electrons. The van der Waals surface area contributed by atoms with Gasteiger partial charge in [0.1, 0.15) is 18.4 Å². The third kappa shape index (κ3) is 7.96. The van der Waals surface area contributed by atoms with Crippen LogP contribution in [0.4, 0.5) is 0 Å². The first-order valence-electron chi connectivity index (χ1n) is 10.9. The molecule has 36 heavy (non-hydrogen) atoms. The highest BCUT2D eigenvalue weighted by molar-refractivity contribution is 9.10. The number of nitrogens with zero attached hydrogens (tertiary/aromatic N) is 1. The van der Waals surface area contributed by atoms with Crippen molar-refractivity contribution < 1.29 is 14.3 Å². The van der Waals surface area contributed by atoms with Gasteiger partial charge in [0.05, 0.1) is 20.7 Å². The zero-order valence-electron chi connectivity index (χ0n) is 19.4. The Morgan fingerprint density at radius 2 is 1.72 bits per heavy atom. The molecule has 0 heterocycles. The summed E-state index contributed by atoms with van der Waals surface area (Å²) in [4.78, 5) is 25.2. The number of hydrogen-bond donors (Lipinski definition) is 2. The molecule has 3 rings (SSSR count). The van der Waals surface area contributed by atoms with E-state index in [1.165, 1.54) is 6.21 Å². The van der Waals surface area contributed by atoms with Gasteiger partial charge in [-0.2, -0.15) is 5.10 Å². The number of ether oxygens (including phenoxy) is 1. The molecule has 3 aromatic rings. The van der Waals surface area contributed by atoms with Crippen molar-refractivity contribution >= 4 is 68.8 Å². The van der Waals surface area contributed by atoms with Crippen molar-refractivity contribution in [3.63, 3.8) is 0 Å². The third-order valence-corrected chi connectivity index (χ3v) is 6.68. The maximum absolute atomic E-state index is 12.7. The second-order valence-corrected chi connectivity index (χ2v) is 10.3. The van der Waals surface area contributed by atoms with Crippen molar-refractivity contribution in [2.45, 2.75) is 26.5 Å². The Hall–Kier alpha value is -2.58. The monoisotopic (exact) mass is 609 g/mol. The number of benzene rings is 3. The first kappa shape index (κ1) is 28.0. The zero-order chi connectivity index (χ0) is 26.2. The fourth-order valence-corrected chi connectivity index (χ4v) is 4.06. The summed E-state index contributed by atoms with van der Waals surface area (Å²) in [6.45, 7) is 3.99. The van der Waals surface area contributed by atoms with E-state index in [9.17, 15) is 9.59 Å². The molecule has 10 heteroatoms. The van der Waals surface area contributed by atoms with Crippen LogP contribution < -0.4 is 15.5 Å². The lowest BCUT2D eigenvalue weighted by Crippen LogP contribution is -2.48. The van der Waals surface area contributed by atoms with Gasteiger partial charge in [0, 0.05) is 10.6 Å². The van der Waals surface area contributed by atoms with Crippen LogP contribution in [0.3, 0.4) is 0 Å².